The van der Waals surface area contributed by atoms with E-state index in [-0.39, 0.29) is 19.3 Å². The predicted octanol–water partition coefficient (Wildman–Crippen LogP) is 1.12. The fraction of sp³-hybridized carbons (Fsp3) is 0.385. The zero-order valence-electron chi connectivity index (χ0n) is 31.1. The molecular weight excluding hydrogens is 696 g/mol. The Balaban J connectivity index is 1.52. The summed E-state index contributed by atoms with van der Waals surface area (Å²) in [5.74, 6) is -1.79. The molecule has 4 N–H and O–H groups in total. The van der Waals surface area contributed by atoms with Gasteiger partial charge in [0.2, 0.25) is 35.4 Å². The number of likely N-dealkylation sites (N-methyl/N-ethyl adjacent to an activating group) is 2. The number of benzene rings is 3. The smallest absolute Gasteiger partial charge is 0.245 e. The molecule has 3 aromatic rings. The van der Waals surface area contributed by atoms with Crippen LogP contribution in [0.3, 0.4) is 0 Å². The van der Waals surface area contributed by atoms with Crippen molar-refractivity contribution in [2.24, 2.45) is 0 Å². The van der Waals surface area contributed by atoms with Gasteiger partial charge in [-0.15, -0.1) is 0 Å². The highest BCUT2D eigenvalue weighted by atomic mass is 16.5. The molecule has 1 fully saturated rings. The molecule has 3 aliphatic heterocycles. The second kappa shape index (κ2) is 17.1. The van der Waals surface area contributed by atoms with Crippen LogP contribution >= 0.6 is 0 Å². The van der Waals surface area contributed by atoms with E-state index in [0.717, 1.165) is 0 Å². The third-order valence-electron chi connectivity index (χ3n) is 9.61. The molecule has 1 saturated heterocycles. The minimum atomic E-state index is -1.19. The SMILES string of the molecule is COc1ccc(C[C@H]2C(=O)N[C@@H](C)C(=O)N(C)[C@H]3Cc4ccc(cc4)Oc4cc(ccc4OC)C[C@H](NC3=O)C(=O)NCC(=O)N[C@@H](C)C(=O)N2C)cc1. The Hall–Kier alpha value is -6.12. The number of hydrogen-bond donors (Lipinski definition) is 4. The van der Waals surface area contributed by atoms with Gasteiger partial charge in [0, 0.05) is 33.4 Å². The first-order valence-electron chi connectivity index (χ1n) is 17.6. The molecule has 0 spiro atoms. The summed E-state index contributed by atoms with van der Waals surface area (Å²) in [6.45, 7) is 2.45. The van der Waals surface area contributed by atoms with E-state index in [0.29, 0.717) is 39.7 Å². The standard InChI is InChI=1S/C39H46N6O9/c1-22-38(50)44(3)30(18-24-7-12-27(52-5)13-8-24)36(48)42-23(2)39(51)45(4)31-19-25-9-14-28(15-10-25)54-33-20-26(11-16-32(33)53-6)17-29(43-37(31)49)35(47)40-21-34(46)41-22/h7-16,20,22-23,29-31H,17-19,21H2,1-6H3,(H,40,47)(H,41,46)(H,42,48)(H,43,49)/t22-,23-,29-,30-,31-/m0/s1. The summed E-state index contributed by atoms with van der Waals surface area (Å²) in [6.07, 6.45) is 0.117. The Labute approximate surface area is 313 Å². The number of hydrogen-bond acceptors (Lipinski definition) is 9. The van der Waals surface area contributed by atoms with Crippen LogP contribution in [-0.2, 0) is 48.0 Å². The first-order chi connectivity index (χ1) is 25.8. The average molecular weight is 743 g/mol. The molecule has 0 unspecified atom stereocenters. The number of carbonyl (C=O) groups excluding carboxylic acids is 6. The average Bonchev–Trinajstić information content (AvgIpc) is 3.16. The number of nitrogens with one attached hydrogen (secondary N) is 4. The lowest BCUT2D eigenvalue weighted by molar-refractivity contribution is -0.145. The van der Waals surface area contributed by atoms with E-state index in [4.69, 9.17) is 14.2 Å². The number of methoxy groups -OCH3 is 2. The predicted molar refractivity (Wildman–Crippen MR) is 197 cm³/mol. The van der Waals surface area contributed by atoms with E-state index in [2.05, 4.69) is 21.3 Å². The van der Waals surface area contributed by atoms with E-state index in [1.165, 1.54) is 52.0 Å². The van der Waals surface area contributed by atoms with Gasteiger partial charge < -0.3 is 45.3 Å². The van der Waals surface area contributed by atoms with Crippen LogP contribution in [0.1, 0.15) is 30.5 Å². The van der Waals surface area contributed by atoms with Gasteiger partial charge in [0.25, 0.3) is 0 Å². The molecule has 3 aromatic carbocycles. The van der Waals surface area contributed by atoms with Crippen molar-refractivity contribution in [3.05, 3.63) is 83.4 Å². The molecule has 6 rings (SSSR count). The summed E-state index contributed by atoms with van der Waals surface area (Å²) in [7, 11) is 5.93. The highest BCUT2D eigenvalue weighted by molar-refractivity contribution is 5.97. The van der Waals surface area contributed by atoms with Gasteiger partial charge in [-0.1, -0.05) is 30.3 Å². The lowest BCUT2D eigenvalue weighted by Crippen LogP contribution is -2.60. The van der Waals surface area contributed by atoms with Gasteiger partial charge in [-0.3, -0.25) is 28.8 Å². The Bertz CT molecular complexity index is 1880. The van der Waals surface area contributed by atoms with Gasteiger partial charge in [-0.25, -0.2) is 0 Å². The van der Waals surface area contributed by atoms with E-state index in [1.807, 2.05) is 0 Å². The lowest BCUT2D eigenvalue weighted by Gasteiger charge is -2.33. The molecule has 3 aliphatic rings. The Morgan fingerprint density at radius 1 is 0.704 bits per heavy atom. The van der Waals surface area contributed by atoms with Gasteiger partial charge in [0.15, 0.2) is 11.5 Å². The molecule has 6 bridgehead atoms. The van der Waals surface area contributed by atoms with Crippen LogP contribution in [0.2, 0.25) is 0 Å². The van der Waals surface area contributed by atoms with Crippen molar-refractivity contribution in [2.75, 3.05) is 34.9 Å². The van der Waals surface area contributed by atoms with Crippen molar-refractivity contribution < 1.29 is 43.0 Å². The number of carbonyl (C=O) groups is 6. The van der Waals surface area contributed by atoms with Gasteiger partial charge in [0.1, 0.15) is 41.7 Å². The maximum absolute atomic E-state index is 14.2. The van der Waals surface area contributed by atoms with E-state index < -0.39 is 72.2 Å². The van der Waals surface area contributed by atoms with Crippen molar-refractivity contribution >= 4 is 35.4 Å². The molecule has 5 atom stereocenters. The molecule has 0 radical (unpaired) electrons. The number of fused-ring (bicyclic) bond motifs is 2. The van der Waals surface area contributed by atoms with Crippen molar-refractivity contribution in [1.29, 1.82) is 0 Å². The number of amides is 6. The third-order valence-corrected chi connectivity index (χ3v) is 9.61. The monoisotopic (exact) mass is 742 g/mol. The number of ether oxygens (including phenoxy) is 3. The Morgan fingerprint density at radius 3 is 2.02 bits per heavy atom. The van der Waals surface area contributed by atoms with Gasteiger partial charge >= 0.3 is 0 Å². The summed E-state index contributed by atoms with van der Waals surface area (Å²) >= 11 is 0. The summed E-state index contributed by atoms with van der Waals surface area (Å²) in [4.78, 5) is 85.1. The van der Waals surface area contributed by atoms with Crippen LogP contribution in [0.15, 0.2) is 66.7 Å². The maximum Gasteiger partial charge on any atom is 0.245 e. The van der Waals surface area contributed by atoms with Crippen LogP contribution in [-0.4, -0.2) is 110 Å². The molecule has 6 amide bonds. The largest absolute Gasteiger partial charge is 0.497 e. The minimum Gasteiger partial charge on any atom is -0.497 e. The molecule has 0 saturated carbocycles. The molecular formula is C39H46N6O9. The molecule has 0 aromatic heterocycles. The van der Waals surface area contributed by atoms with Crippen LogP contribution in [0.25, 0.3) is 0 Å². The Morgan fingerprint density at radius 2 is 1.35 bits per heavy atom. The first kappa shape index (κ1) is 39.1. The van der Waals surface area contributed by atoms with Crippen LogP contribution in [0.4, 0.5) is 0 Å². The Kier molecular flexibility index (Phi) is 12.4. The molecule has 286 valence electrons. The second-order valence-electron chi connectivity index (χ2n) is 13.4. The first-order valence-corrected chi connectivity index (χ1v) is 17.6. The van der Waals surface area contributed by atoms with Crippen molar-refractivity contribution in [1.82, 2.24) is 31.1 Å². The van der Waals surface area contributed by atoms with Gasteiger partial charge in [-0.05, 0) is 66.9 Å². The molecule has 3 heterocycles. The van der Waals surface area contributed by atoms with E-state index >= 15 is 0 Å². The highest BCUT2D eigenvalue weighted by Gasteiger charge is 2.36. The second-order valence-corrected chi connectivity index (χ2v) is 13.4. The van der Waals surface area contributed by atoms with Crippen molar-refractivity contribution in [3.63, 3.8) is 0 Å². The third kappa shape index (κ3) is 9.26. The normalized spacial score (nSPS) is 23.2. The molecule has 0 aliphatic carbocycles. The summed E-state index contributed by atoms with van der Waals surface area (Å²) in [5.41, 5.74) is 2.00. The summed E-state index contributed by atoms with van der Waals surface area (Å²) in [6, 6.07) is 13.4. The lowest BCUT2D eigenvalue weighted by atomic mass is 10.00. The number of rotatable bonds is 4. The number of nitrogens with zero attached hydrogens (tertiary/aromatic N) is 2. The molecule has 15 nitrogen and oxygen atoms in total. The van der Waals surface area contributed by atoms with Crippen molar-refractivity contribution in [2.45, 2.75) is 63.3 Å². The maximum atomic E-state index is 14.2. The zero-order chi connectivity index (χ0) is 39.1. The van der Waals surface area contributed by atoms with E-state index in [1.54, 1.807) is 66.7 Å². The summed E-state index contributed by atoms with van der Waals surface area (Å²) < 4.78 is 16.9. The fourth-order valence-corrected chi connectivity index (χ4v) is 6.41. The summed E-state index contributed by atoms with van der Waals surface area (Å²) in [5, 5.41) is 10.7. The van der Waals surface area contributed by atoms with Gasteiger partial charge in [0.05, 0.1) is 20.8 Å². The van der Waals surface area contributed by atoms with Crippen LogP contribution in [0.5, 0.6) is 23.0 Å². The van der Waals surface area contributed by atoms with E-state index in [9.17, 15) is 28.8 Å². The molecule has 54 heavy (non-hydrogen) atoms. The highest BCUT2D eigenvalue weighted by Crippen LogP contribution is 2.33. The van der Waals surface area contributed by atoms with Crippen LogP contribution < -0.4 is 35.5 Å². The minimum absolute atomic E-state index is 0.0107. The fourth-order valence-electron chi connectivity index (χ4n) is 6.41. The molecule has 15 heteroatoms. The van der Waals surface area contributed by atoms with Gasteiger partial charge in [-0.2, -0.15) is 0 Å². The van der Waals surface area contributed by atoms with Crippen molar-refractivity contribution in [3.8, 4) is 23.0 Å². The topological polar surface area (TPSA) is 185 Å². The quantitative estimate of drug-likeness (QED) is 0.304. The zero-order valence-corrected chi connectivity index (χ0v) is 31.1. The van der Waals surface area contributed by atoms with Crippen LogP contribution in [0, 0.1) is 0 Å².